The Labute approximate surface area is 401 Å². The fraction of sp³-hybridized carbons (Fsp3) is 0.452. The van der Waals surface area contributed by atoms with Crippen molar-refractivity contribution in [2.24, 2.45) is 0 Å². The lowest BCUT2D eigenvalue weighted by Crippen LogP contribution is -2.62. The molecule has 3 aliphatic carbocycles. The van der Waals surface area contributed by atoms with Gasteiger partial charge in [-0.25, -0.2) is 0 Å². The fourth-order valence-corrected chi connectivity index (χ4v) is 15.7. The van der Waals surface area contributed by atoms with Crippen LogP contribution in [-0.4, -0.2) is 6.71 Å². The van der Waals surface area contributed by atoms with Gasteiger partial charge in [0.25, 0.3) is 6.71 Å². The number of hydrogen-bond acceptors (Lipinski definition) is 3. The maximum Gasteiger partial charge on any atom is 0.264 e. The van der Waals surface area contributed by atoms with Crippen LogP contribution in [0.5, 0.6) is 0 Å². The van der Waals surface area contributed by atoms with Crippen molar-refractivity contribution in [3.05, 3.63) is 134 Å². The quantitative estimate of drug-likeness (QED) is 0.160. The Morgan fingerprint density at radius 1 is 0.515 bits per heavy atom. The number of anilines is 6. The Balaban J connectivity index is 1.24. The standard InChI is InChI=1S/C62H71BN2S/c1-36-31-47-51-48(32-36)65-46-35-42-41(58(7,8)25-26-59(42,9)10)34-43(46)62(15)30-29-57(5,6)40-22-23-44(52(65)49(40)62)63(51)55-53(50-54(66-55)61(13,14)28-27-60(50,11)12)64(47)45-24-21-38(56(2,3)4)33-39(45)37-19-17-16-18-20-37/h16-24,31-35H,25-30H2,1-15H3. The van der Waals surface area contributed by atoms with Gasteiger partial charge < -0.3 is 9.80 Å². The number of hydrogen-bond donors (Lipinski definition) is 0. The van der Waals surface area contributed by atoms with Gasteiger partial charge >= 0.3 is 0 Å². The first-order chi connectivity index (χ1) is 30.9. The third kappa shape index (κ3) is 5.60. The summed E-state index contributed by atoms with van der Waals surface area (Å²) in [6, 6.07) is 34.5. The van der Waals surface area contributed by atoms with Crippen molar-refractivity contribution in [3.63, 3.8) is 0 Å². The first kappa shape index (κ1) is 42.8. The molecule has 0 saturated carbocycles. The zero-order chi connectivity index (χ0) is 46.6. The van der Waals surface area contributed by atoms with Gasteiger partial charge in [0.05, 0.1) is 17.1 Å². The minimum Gasteiger partial charge on any atom is -0.311 e. The monoisotopic (exact) mass is 887 g/mol. The summed E-state index contributed by atoms with van der Waals surface area (Å²) in [6.07, 6.45) is 7.14. The molecule has 0 radical (unpaired) electrons. The number of thiophene rings is 1. The molecule has 4 heteroatoms. The first-order valence-electron chi connectivity index (χ1n) is 25.4. The predicted molar refractivity (Wildman–Crippen MR) is 286 cm³/mol. The molecular formula is C62H71BN2S. The van der Waals surface area contributed by atoms with Gasteiger partial charge in [-0.3, -0.25) is 0 Å². The van der Waals surface area contributed by atoms with Crippen molar-refractivity contribution in [1.82, 2.24) is 0 Å². The van der Waals surface area contributed by atoms with Crippen molar-refractivity contribution in [3.8, 4) is 11.1 Å². The van der Waals surface area contributed by atoms with Gasteiger partial charge in [-0.2, -0.15) is 11.3 Å². The summed E-state index contributed by atoms with van der Waals surface area (Å²) in [6.45, 7) is 37.4. The molecule has 6 aromatic rings. The number of aryl methyl sites for hydroxylation is 1. The highest BCUT2D eigenvalue weighted by Crippen LogP contribution is 2.64. The molecule has 0 fully saturated rings. The van der Waals surface area contributed by atoms with E-state index in [2.05, 4.69) is 210 Å². The average Bonchev–Trinajstić information content (AvgIpc) is 3.68. The molecule has 6 aliphatic rings. The van der Waals surface area contributed by atoms with Gasteiger partial charge in [-0.1, -0.05) is 152 Å². The van der Waals surface area contributed by atoms with Crippen molar-refractivity contribution in [2.45, 2.75) is 180 Å². The molecule has 0 N–H and O–H groups in total. The summed E-state index contributed by atoms with van der Waals surface area (Å²) < 4.78 is 1.53. The van der Waals surface area contributed by atoms with Crippen molar-refractivity contribution < 1.29 is 0 Å². The van der Waals surface area contributed by atoms with Gasteiger partial charge in [0.2, 0.25) is 0 Å². The number of rotatable bonds is 2. The SMILES string of the molecule is Cc1cc2c3c(c1)N1c4cc5c(cc4C4(C)CCC(C)(C)c6ccc(c1c64)B3c1sc3c(c1N2c1ccc(C(C)(C)C)cc1-c1ccccc1)C(C)(C)CCC3(C)C)C(C)(C)CCC5(C)C. The molecular weight excluding hydrogens is 816 g/mol. The van der Waals surface area contributed by atoms with Gasteiger partial charge in [0.15, 0.2) is 0 Å². The molecule has 338 valence electrons. The van der Waals surface area contributed by atoms with Crippen molar-refractivity contribution >= 4 is 67.9 Å². The summed E-state index contributed by atoms with van der Waals surface area (Å²) in [5.41, 5.74) is 26.3. The largest absolute Gasteiger partial charge is 0.311 e. The molecule has 0 saturated heterocycles. The van der Waals surface area contributed by atoms with Crippen molar-refractivity contribution in [1.29, 1.82) is 0 Å². The molecule has 0 spiro atoms. The molecule has 5 aromatic carbocycles. The lowest BCUT2D eigenvalue weighted by Gasteiger charge is -2.55. The summed E-state index contributed by atoms with van der Waals surface area (Å²) in [7, 11) is 0. The van der Waals surface area contributed by atoms with E-state index in [9.17, 15) is 0 Å². The molecule has 4 heterocycles. The lowest BCUT2D eigenvalue weighted by atomic mass is 9.35. The van der Waals surface area contributed by atoms with Gasteiger partial charge in [-0.05, 0) is 169 Å². The first-order valence-corrected chi connectivity index (χ1v) is 26.2. The van der Waals surface area contributed by atoms with Gasteiger partial charge in [-0.15, -0.1) is 0 Å². The van der Waals surface area contributed by atoms with Gasteiger partial charge in [0.1, 0.15) is 0 Å². The summed E-state index contributed by atoms with van der Waals surface area (Å²) in [4.78, 5) is 7.22. The summed E-state index contributed by atoms with van der Waals surface area (Å²) in [5, 5.41) is 0. The second-order valence-electron chi connectivity index (χ2n) is 26.3. The van der Waals surface area contributed by atoms with Crippen LogP contribution in [-0.2, 0) is 37.9 Å². The molecule has 12 rings (SSSR count). The maximum atomic E-state index is 2.83. The molecule has 1 unspecified atom stereocenters. The van der Waals surface area contributed by atoms with E-state index in [0.717, 1.165) is 6.42 Å². The zero-order valence-electron chi connectivity index (χ0n) is 42.7. The Hall–Kier alpha value is -4.54. The van der Waals surface area contributed by atoms with E-state index in [-0.39, 0.29) is 44.6 Å². The van der Waals surface area contributed by atoms with E-state index < -0.39 is 0 Å². The second-order valence-corrected chi connectivity index (χ2v) is 27.3. The third-order valence-electron chi connectivity index (χ3n) is 18.4. The van der Waals surface area contributed by atoms with Crippen LogP contribution in [0, 0.1) is 6.92 Å². The lowest BCUT2D eigenvalue weighted by molar-refractivity contribution is 0.327. The van der Waals surface area contributed by atoms with Gasteiger partial charge in [0, 0.05) is 37.7 Å². The summed E-state index contributed by atoms with van der Waals surface area (Å²) in [5.74, 6) is 0. The molecule has 1 aromatic heterocycles. The Morgan fingerprint density at radius 3 is 1.77 bits per heavy atom. The molecule has 1 atom stereocenters. The smallest absolute Gasteiger partial charge is 0.264 e. The highest BCUT2D eigenvalue weighted by molar-refractivity contribution is 7.29. The van der Waals surface area contributed by atoms with Crippen LogP contribution >= 0.6 is 11.3 Å². The van der Waals surface area contributed by atoms with Crippen LogP contribution in [0.15, 0.2) is 84.9 Å². The normalized spacial score (nSPS) is 22.7. The average molecular weight is 887 g/mol. The highest BCUT2D eigenvalue weighted by Gasteiger charge is 2.56. The minimum absolute atomic E-state index is 0.00676. The Bertz CT molecular complexity index is 3090. The zero-order valence-corrected chi connectivity index (χ0v) is 43.5. The van der Waals surface area contributed by atoms with Crippen LogP contribution in [0.4, 0.5) is 34.1 Å². The van der Waals surface area contributed by atoms with Crippen LogP contribution < -0.4 is 25.5 Å². The second kappa shape index (κ2) is 13.2. The van der Waals surface area contributed by atoms with Crippen LogP contribution in [0.25, 0.3) is 11.1 Å². The van der Waals surface area contributed by atoms with E-state index in [1.165, 1.54) is 110 Å². The van der Waals surface area contributed by atoms with Crippen LogP contribution in [0.1, 0.15) is 185 Å². The highest BCUT2D eigenvalue weighted by atomic mass is 32.1. The predicted octanol–water partition coefficient (Wildman–Crippen LogP) is 15.5. The fourth-order valence-electron chi connectivity index (χ4n) is 14.0. The topological polar surface area (TPSA) is 6.48 Å². The minimum atomic E-state index is -0.0968. The third-order valence-corrected chi connectivity index (χ3v) is 20.0. The molecule has 66 heavy (non-hydrogen) atoms. The molecule has 0 amide bonds. The van der Waals surface area contributed by atoms with E-state index >= 15 is 0 Å². The molecule has 3 aliphatic heterocycles. The Morgan fingerprint density at radius 2 is 1.11 bits per heavy atom. The maximum absolute atomic E-state index is 2.83. The van der Waals surface area contributed by atoms with E-state index in [0.29, 0.717) is 0 Å². The number of nitrogens with zero attached hydrogens (tertiary/aromatic N) is 2. The molecule has 2 nitrogen and oxygen atoms in total. The van der Waals surface area contributed by atoms with Crippen molar-refractivity contribution in [2.75, 3.05) is 9.80 Å². The Kier molecular flexibility index (Phi) is 8.53. The molecule has 0 bridgehead atoms. The van der Waals surface area contributed by atoms with E-state index in [1.807, 2.05) is 0 Å². The number of benzene rings is 5. The van der Waals surface area contributed by atoms with E-state index in [1.54, 1.807) is 32.7 Å². The summed E-state index contributed by atoms with van der Waals surface area (Å²) >= 11 is 2.16. The number of fused-ring (bicyclic) bond motifs is 10. The van der Waals surface area contributed by atoms with Crippen LogP contribution in [0.3, 0.4) is 0 Å². The van der Waals surface area contributed by atoms with Crippen LogP contribution in [0.2, 0.25) is 0 Å². The van der Waals surface area contributed by atoms with E-state index in [4.69, 9.17) is 0 Å².